The minimum absolute atomic E-state index is 0.464. The minimum atomic E-state index is -4.07. The molecule has 0 fully saturated rings. The molecule has 0 saturated carbocycles. The van der Waals surface area contributed by atoms with Crippen molar-refractivity contribution in [1.29, 1.82) is 0 Å². The number of aromatic nitrogens is 1. The van der Waals surface area contributed by atoms with Gasteiger partial charge in [0, 0.05) is 18.6 Å². The van der Waals surface area contributed by atoms with Crippen LogP contribution in [0.4, 0.5) is 0 Å². The largest absolute Gasteiger partial charge is 0.329 e. The highest BCUT2D eigenvalue weighted by atomic mass is 32.2. The molecule has 26 heavy (non-hydrogen) atoms. The number of unbranched alkanes of at least 4 members (excludes halogenated alkanes) is 12. The standard InChI is InChI=1S/C21H37NO3S/c1-2-3-4-5-6-7-8-9-10-11-12-13-15-18-21(26(23,24)25)22-19-16-14-17-20-22/h14,16-17,19-21H,2-13,15,18H2,1H3/p+1. The van der Waals surface area contributed by atoms with Crippen molar-refractivity contribution in [2.24, 2.45) is 0 Å². The van der Waals surface area contributed by atoms with Gasteiger partial charge < -0.3 is 0 Å². The first-order valence-corrected chi connectivity index (χ1v) is 12.0. The molecule has 1 unspecified atom stereocenters. The van der Waals surface area contributed by atoms with Crippen LogP contribution >= 0.6 is 0 Å². The molecule has 1 N–H and O–H groups in total. The lowest BCUT2D eigenvalue weighted by Gasteiger charge is -2.09. The van der Waals surface area contributed by atoms with Crippen LogP contribution in [0.1, 0.15) is 102 Å². The zero-order chi connectivity index (χ0) is 19.1. The lowest BCUT2D eigenvalue weighted by molar-refractivity contribution is -0.703. The summed E-state index contributed by atoms with van der Waals surface area (Å²) in [5.41, 5.74) is 0. The molecule has 0 saturated heterocycles. The smallest absolute Gasteiger partial charge is 0.280 e. The van der Waals surface area contributed by atoms with Crippen molar-refractivity contribution in [1.82, 2.24) is 0 Å². The summed E-state index contributed by atoms with van der Waals surface area (Å²) in [7, 11) is -4.07. The quantitative estimate of drug-likeness (QED) is 0.221. The van der Waals surface area contributed by atoms with Gasteiger partial charge in [0.15, 0.2) is 12.4 Å². The average molecular weight is 385 g/mol. The van der Waals surface area contributed by atoms with Gasteiger partial charge in [-0.05, 0) is 6.42 Å². The minimum Gasteiger partial charge on any atom is -0.280 e. The maximum Gasteiger partial charge on any atom is 0.329 e. The van der Waals surface area contributed by atoms with Crippen molar-refractivity contribution in [2.45, 2.75) is 102 Å². The summed E-state index contributed by atoms with van der Waals surface area (Å²) >= 11 is 0. The Hall–Kier alpha value is -0.940. The van der Waals surface area contributed by atoms with Crippen LogP contribution in [0.3, 0.4) is 0 Å². The van der Waals surface area contributed by atoms with Gasteiger partial charge in [-0.2, -0.15) is 13.0 Å². The van der Waals surface area contributed by atoms with Crippen LogP contribution < -0.4 is 4.57 Å². The van der Waals surface area contributed by atoms with Crippen molar-refractivity contribution in [3.63, 3.8) is 0 Å². The molecule has 1 aromatic heterocycles. The predicted octanol–water partition coefficient (Wildman–Crippen LogP) is 5.84. The molecule has 1 rings (SSSR count). The Morgan fingerprint density at radius 1 is 0.731 bits per heavy atom. The van der Waals surface area contributed by atoms with Crippen molar-refractivity contribution in [3.8, 4) is 0 Å². The summed E-state index contributed by atoms with van der Waals surface area (Å²) in [4.78, 5) is 0. The fraction of sp³-hybridized carbons (Fsp3) is 0.762. The molecule has 5 heteroatoms. The van der Waals surface area contributed by atoms with Crippen LogP contribution in [-0.2, 0) is 10.1 Å². The van der Waals surface area contributed by atoms with E-state index >= 15 is 0 Å². The Kier molecular flexibility index (Phi) is 12.6. The Bertz CT molecular complexity index is 546. The van der Waals surface area contributed by atoms with Gasteiger partial charge >= 0.3 is 10.1 Å². The van der Waals surface area contributed by atoms with Crippen LogP contribution in [0, 0.1) is 0 Å². The van der Waals surface area contributed by atoms with Gasteiger partial charge in [-0.25, -0.2) is 0 Å². The molecule has 1 aromatic rings. The van der Waals surface area contributed by atoms with E-state index in [0.29, 0.717) is 6.42 Å². The lowest BCUT2D eigenvalue weighted by atomic mass is 10.0. The maximum absolute atomic E-state index is 11.6. The molecule has 1 heterocycles. The molecule has 0 aliphatic rings. The average Bonchev–Trinajstić information content (AvgIpc) is 2.62. The lowest BCUT2D eigenvalue weighted by Crippen LogP contribution is -2.43. The molecule has 4 nitrogen and oxygen atoms in total. The van der Waals surface area contributed by atoms with E-state index in [2.05, 4.69) is 6.92 Å². The summed E-state index contributed by atoms with van der Waals surface area (Å²) in [6.45, 7) is 2.25. The zero-order valence-electron chi connectivity index (χ0n) is 16.5. The topological polar surface area (TPSA) is 58.2 Å². The first-order chi connectivity index (χ1) is 12.6. The SMILES string of the molecule is CCCCCCCCCCCCCCCC([n+]1ccccc1)S(=O)(=O)O. The van der Waals surface area contributed by atoms with Gasteiger partial charge in [-0.15, -0.1) is 0 Å². The number of rotatable bonds is 16. The van der Waals surface area contributed by atoms with Gasteiger partial charge in [-0.1, -0.05) is 90.0 Å². The van der Waals surface area contributed by atoms with E-state index in [1.165, 1.54) is 64.2 Å². The van der Waals surface area contributed by atoms with Crippen LogP contribution in [0.25, 0.3) is 0 Å². The fourth-order valence-electron chi connectivity index (χ4n) is 3.39. The predicted molar refractivity (Wildman–Crippen MR) is 108 cm³/mol. The van der Waals surface area contributed by atoms with Crippen LogP contribution in [-0.4, -0.2) is 13.0 Å². The van der Waals surface area contributed by atoms with Gasteiger partial charge in [-0.3, -0.25) is 4.55 Å². The third-order valence-electron chi connectivity index (χ3n) is 4.97. The number of hydrogen-bond acceptors (Lipinski definition) is 2. The summed E-state index contributed by atoms with van der Waals surface area (Å²) in [6, 6.07) is 5.40. The summed E-state index contributed by atoms with van der Waals surface area (Å²) in [6.07, 6.45) is 20.3. The van der Waals surface area contributed by atoms with E-state index in [1.54, 1.807) is 29.1 Å². The van der Waals surface area contributed by atoms with Gasteiger partial charge in [0.25, 0.3) is 5.37 Å². The van der Waals surface area contributed by atoms with Crippen LogP contribution in [0.15, 0.2) is 30.6 Å². The third kappa shape index (κ3) is 10.9. The second-order valence-corrected chi connectivity index (χ2v) is 8.90. The second kappa shape index (κ2) is 14.2. The van der Waals surface area contributed by atoms with Gasteiger partial charge in [0.05, 0.1) is 0 Å². The maximum atomic E-state index is 11.6. The molecule has 0 bridgehead atoms. The van der Waals surface area contributed by atoms with Crippen LogP contribution in [0.5, 0.6) is 0 Å². The molecule has 0 aliphatic heterocycles. The fourth-order valence-corrected chi connectivity index (χ4v) is 4.31. The Morgan fingerprint density at radius 3 is 1.58 bits per heavy atom. The molecule has 0 spiro atoms. The highest BCUT2D eigenvalue weighted by molar-refractivity contribution is 7.85. The molecular formula is C21H38NO3S+. The summed E-state index contributed by atoms with van der Waals surface area (Å²) in [5, 5.41) is -0.864. The Morgan fingerprint density at radius 2 is 1.15 bits per heavy atom. The molecule has 0 radical (unpaired) electrons. The Labute approximate surface area is 160 Å². The van der Waals surface area contributed by atoms with Crippen molar-refractivity contribution < 1.29 is 17.5 Å². The second-order valence-electron chi connectivity index (χ2n) is 7.32. The third-order valence-corrected chi connectivity index (χ3v) is 6.14. The highest BCUT2D eigenvalue weighted by Gasteiger charge is 2.30. The molecule has 150 valence electrons. The summed E-state index contributed by atoms with van der Waals surface area (Å²) < 4.78 is 34.3. The van der Waals surface area contributed by atoms with Crippen molar-refractivity contribution in [3.05, 3.63) is 30.6 Å². The van der Waals surface area contributed by atoms with Crippen molar-refractivity contribution >= 4 is 10.1 Å². The van der Waals surface area contributed by atoms with Crippen molar-refractivity contribution in [2.75, 3.05) is 0 Å². The first kappa shape index (κ1) is 23.1. The molecule has 0 amide bonds. The summed E-state index contributed by atoms with van der Waals surface area (Å²) in [5.74, 6) is 0. The highest BCUT2D eigenvalue weighted by Crippen LogP contribution is 2.17. The van der Waals surface area contributed by atoms with E-state index < -0.39 is 15.5 Å². The zero-order valence-corrected chi connectivity index (χ0v) is 17.3. The first-order valence-electron chi connectivity index (χ1n) is 10.5. The number of hydrogen-bond donors (Lipinski definition) is 1. The van der Waals surface area contributed by atoms with E-state index in [-0.39, 0.29) is 0 Å². The van der Waals surface area contributed by atoms with Gasteiger partial charge in [0.2, 0.25) is 0 Å². The van der Waals surface area contributed by atoms with E-state index in [4.69, 9.17) is 0 Å². The van der Waals surface area contributed by atoms with Gasteiger partial charge in [0.1, 0.15) is 0 Å². The monoisotopic (exact) mass is 384 g/mol. The molecule has 0 aromatic carbocycles. The number of pyridine rings is 1. The molecule has 0 aliphatic carbocycles. The van der Waals surface area contributed by atoms with E-state index in [0.717, 1.165) is 19.3 Å². The van der Waals surface area contributed by atoms with Crippen LogP contribution in [0.2, 0.25) is 0 Å². The number of nitrogens with zero attached hydrogens (tertiary/aromatic N) is 1. The van der Waals surface area contributed by atoms with E-state index in [1.807, 2.05) is 6.07 Å². The Balaban J connectivity index is 2.05. The van der Waals surface area contributed by atoms with E-state index in [9.17, 15) is 13.0 Å². The molecule has 1 atom stereocenters. The normalized spacial score (nSPS) is 13.0. The molecular weight excluding hydrogens is 346 g/mol.